The third-order valence-electron chi connectivity index (χ3n) is 4.08. The van der Waals surface area contributed by atoms with Crippen molar-refractivity contribution < 1.29 is 9.53 Å². The predicted molar refractivity (Wildman–Crippen MR) is 107 cm³/mol. The van der Waals surface area contributed by atoms with Gasteiger partial charge in [0.1, 0.15) is 23.1 Å². The number of anilines is 3. The Kier molecular flexibility index (Phi) is 5.35. The summed E-state index contributed by atoms with van der Waals surface area (Å²) in [6.07, 6.45) is 0. The molecule has 1 amide bonds. The van der Waals surface area contributed by atoms with Crippen molar-refractivity contribution in [1.82, 2.24) is 9.97 Å². The third-order valence-corrected chi connectivity index (χ3v) is 4.08. The maximum absolute atomic E-state index is 12.7. The molecule has 3 aromatic rings. The van der Waals surface area contributed by atoms with E-state index in [4.69, 9.17) is 4.74 Å². The molecule has 3 rings (SSSR count). The molecule has 138 valence electrons. The van der Waals surface area contributed by atoms with Crippen LogP contribution in [0.2, 0.25) is 0 Å². The first kappa shape index (κ1) is 18.4. The molecule has 0 bridgehead atoms. The van der Waals surface area contributed by atoms with Crippen molar-refractivity contribution in [2.45, 2.75) is 20.8 Å². The molecule has 6 nitrogen and oxygen atoms in total. The standard InChI is InChI=1S/C21H22N4O2/c1-13-9-10-14(2)17(11-13)25-21(26)18-12-20(23-15(3)22-18)24-16-7-5-6-8-19(16)27-4/h5-12H,1-4H3,(H,25,26)(H,22,23,24). The fourth-order valence-electron chi connectivity index (χ4n) is 2.69. The van der Waals surface area contributed by atoms with E-state index in [9.17, 15) is 4.79 Å². The maximum Gasteiger partial charge on any atom is 0.274 e. The summed E-state index contributed by atoms with van der Waals surface area (Å²) in [5, 5.41) is 6.11. The molecule has 0 aliphatic rings. The largest absolute Gasteiger partial charge is 0.495 e. The second kappa shape index (κ2) is 7.86. The molecule has 0 atom stereocenters. The van der Waals surface area contributed by atoms with Gasteiger partial charge in [0.15, 0.2) is 0 Å². The Morgan fingerprint density at radius 3 is 2.52 bits per heavy atom. The molecule has 0 radical (unpaired) electrons. The highest BCUT2D eigenvalue weighted by Crippen LogP contribution is 2.26. The molecule has 0 saturated heterocycles. The first-order valence-electron chi connectivity index (χ1n) is 8.60. The molecule has 0 fully saturated rings. The molecule has 0 unspecified atom stereocenters. The number of methoxy groups -OCH3 is 1. The van der Waals surface area contributed by atoms with Gasteiger partial charge in [0, 0.05) is 11.8 Å². The van der Waals surface area contributed by atoms with Gasteiger partial charge in [-0.05, 0) is 50.1 Å². The summed E-state index contributed by atoms with van der Waals surface area (Å²) in [5.41, 5.74) is 3.90. The van der Waals surface area contributed by atoms with E-state index in [1.165, 1.54) is 0 Å². The van der Waals surface area contributed by atoms with Gasteiger partial charge in [0.2, 0.25) is 0 Å². The van der Waals surface area contributed by atoms with Crippen molar-refractivity contribution in [3.63, 3.8) is 0 Å². The summed E-state index contributed by atoms with van der Waals surface area (Å²) in [6, 6.07) is 15.1. The van der Waals surface area contributed by atoms with Crippen LogP contribution in [-0.2, 0) is 0 Å². The lowest BCUT2D eigenvalue weighted by Crippen LogP contribution is -2.16. The van der Waals surface area contributed by atoms with E-state index in [1.54, 1.807) is 20.1 Å². The molecule has 1 heterocycles. The fraction of sp³-hybridized carbons (Fsp3) is 0.190. The number of hydrogen-bond acceptors (Lipinski definition) is 5. The minimum atomic E-state index is -0.280. The summed E-state index contributed by atoms with van der Waals surface area (Å²) in [6.45, 7) is 5.69. The van der Waals surface area contributed by atoms with Crippen molar-refractivity contribution in [3.05, 3.63) is 71.2 Å². The Morgan fingerprint density at radius 2 is 1.74 bits per heavy atom. The van der Waals surface area contributed by atoms with E-state index in [1.807, 2.05) is 56.3 Å². The number of hydrogen-bond donors (Lipinski definition) is 2. The van der Waals surface area contributed by atoms with E-state index < -0.39 is 0 Å². The van der Waals surface area contributed by atoms with Gasteiger partial charge < -0.3 is 15.4 Å². The molecule has 2 N–H and O–H groups in total. The number of para-hydroxylation sites is 2. The number of rotatable bonds is 5. The normalized spacial score (nSPS) is 10.4. The Hall–Kier alpha value is -3.41. The highest BCUT2D eigenvalue weighted by atomic mass is 16.5. The predicted octanol–water partition coefficient (Wildman–Crippen LogP) is 4.41. The van der Waals surface area contributed by atoms with Crippen LogP contribution >= 0.6 is 0 Å². The van der Waals surface area contributed by atoms with Crippen LogP contribution in [0.1, 0.15) is 27.4 Å². The minimum Gasteiger partial charge on any atom is -0.495 e. The number of aryl methyl sites for hydroxylation is 3. The summed E-state index contributed by atoms with van der Waals surface area (Å²) in [4.78, 5) is 21.3. The van der Waals surface area contributed by atoms with Gasteiger partial charge in [-0.1, -0.05) is 24.3 Å². The van der Waals surface area contributed by atoms with Crippen molar-refractivity contribution in [1.29, 1.82) is 0 Å². The molecule has 2 aromatic carbocycles. The van der Waals surface area contributed by atoms with E-state index in [2.05, 4.69) is 20.6 Å². The number of benzene rings is 2. The van der Waals surface area contributed by atoms with E-state index >= 15 is 0 Å². The summed E-state index contributed by atoms with van der Waals surface area (Å²) in [7, 11) is 1.61. The SMILES string of the molecule is COc1ccccc1Nc1cc(C(=O)Nc2cc(C)ccc2C)nc(C)n1. The van der Waals surface area contributed by atoms with Gasteiger partial charge >= 0.3 is 0 Å². The number of aromatic nitrogens is 2. The number of nitrogens with zero attached hydrogens (tertiary/aromatic N) is 2. The molecule has 0 saturated carbocycles. The molecule has 0 aliphatic carbocycles. The molecule has 6 heteroatoms. The monoisotopic (exact) mass is 362 g/mol. The molecule has 0 spiro atoms. The van der Waals surface area contributed by atoms with Crippen LogP contribution in [0.3, 0.4) is 0 Å². The van der Waals surface area contributed by atoms with Crippen molar-refractivity contribution in [3.8, 4) is 5.75 Å². The molecule has 27 heavy (non-hydrogen) atoms. The van der Waals surface area contributed by atoms with E-state index in [0.717, 1.165) is 22.5 Å². The number of amides is 1. The average Bonchev–Trinajstić information content (AvgIpc) is 2.64. The van der Waals surface area contributed by atoms with Gasteiger partial charge in [-0.2, -0.15) is 0 Å². The van der Waals surface area contributed by atoms with Crippen LogP contribution in [0.15, 0.2) is 48.5 Å². The van der Waals surface area contributed by atoms with Crippen LogP contribution in [0.5, 0.6) is 5.75 Å². The van der Waals surface area contributed by atoms with Crippen molar-refractivity contribution >= 4 is 23.1 Å². The maximum atomic E-state index is 12.7. The number of nitrogens with one attached hydrogen (secondary N) is 2. The lowest BCUT2D eigenvalue weighted by atomic mass is 10.1. The quantitative estimate of drug-likeness (QED) is 0.703. The Balaban J connectivity index is 1.86. The Morgan fingerprint density at radius 1 is 0.963 bits per heavy atom. The van der Waals surface area contributed by atoms with Crippen LogP contribution in [0.4, 0.5) is 17.2 Å². The third kappa shape index (κ3) is 4.41. The van der Waals surface area contributed by atoms with Gasteiger partial charge in [-0.3, -0.25) is 4.79 Å². The Labute approximate surface area is 158 Å². The summed E-state index contributed by atoms with van der Waals surface area (Å²) < 4.78 is 5.34. The second-order valence-electron chi connectivity index (χ2n) is 6.28. The van der Waals surface area contributed by atoms with Crippen LogP contribution < -0.4 is 15.4 Å². The lowest BCUT2D eigenvalue weighted by molar-refractivity contribution is 0.102. The number of carbonyl (C=O) groups is 1. The van der Waals surface area contributed by atoms with E-state index in [0.29, 0.717) is 23.1 Å². The average molecular weight is 362 g/mol. The molecule has 1 aromatic heterocycles. The van der Waals surface area contributed by atoms with E-state index in [-0.39, 0.29) is 5.91 Å². The van der Waals surface area contributed by atoms with Gasteiger partial charge in [0.25, 0.3) is 5.91 Å². The molecular weight excluding hydrogens is 340 g/mol. The molecular formula is C21H22N4O2. The van der Waals surface area contributed by atoms with Gasteiger partial charge in [-0.15, -0.1) is 0 Å². The summed E-state index contributed by atoms with van der Waals surface area (Å²) >= 11 is 0. The molecule has 0 aliphatic heterocycles. The number of carbonyl (C=O) groups excluding carboxylic acids is 1. The van der Waals surface area contributed by atoms with Crippen LogP contribution in [-0.4, -0.2) is 23.0 Å². The topological polar surface area (TPSA) is 76.1 Å². The zero-order valence-corrected chi connectivity index (χ0v) is 15.8. The highest BCUT2D eigenvalue weighted by molar-refractivity contribution is 6.03. The lowest BCUT2D eigenvalue weighted by Gasteiger charge is -2.12. The van der Waals surface area contributed by atoms with Gasteiger partial charge in [0.05, 0.1) is 12.8 Å². The van der Waals surface area contributed by atoms with Crippen molar-refractivity contribution in [2.75, 3.05) is 17.7 Å². The van der Waals surface area contributed by atoms with Crippen molar-refractivity contribution in [2.24, 2.45) is 0 Å². The highest BCUT2D eigenvalue weighted by Gasteiger charge is 2.13. The second-order valence-corrected chi connectivity index (χ2v) is 6.28. The Bertz CT molecular complexity index is 986. The zero-order valence-electron chi connectivity index (χ0n) is 15.8. The fourth-order valence-corrected chi connectivity index (χ4v) is 2.69. The van der Waals surface area contributed by atoms with Crippen LogP contribution in [0.25, 0.3) is 0 Å². The smallest absolute Gasteiger partial charge is 0.274 e. The van der Waals surface area contributed by atoms with Gasteiger partial charge in [-0.25, -0.2) is 9.97 Å². The zero-order chi connectivity index (χ0) is 19.4. The summed E-state index contributed by atoms with van der Waals surface area (Å²) in [5.74, 6) is 1.44. The minimum absolute atomic E-state index is 0.280. The first-order chi connectivity index (χ1) is 13.0. The first-order valence-corrected chi connectivity index (χ1v) is 8.60. The number of ether oxygens (including phenoxy) is 1. The van der Waals surface area contributed by atoms with Crippen LogP contribution in [0, 0.1) is 20.8 Å².